The Hall–Kier alpha value is -1.88. The summed E-state index contributed by atoms with van der Waals surface area (Å²) in [6.45, 7) is 14.9. The molecule has 10 heteroatoms. The van der Waals surface area contributed by atoms with Crippen LogP contribution in [0.3, 0.4) is 0 Å². The van der Waals surface area contributed by atoms with E-state index >= 15 is 0 Å². The molecule has 0 aliphatic rings. The van der Waals surface area contributed by atoms with E-state index in [1.165, 1.54) is 0 Å². The summed E-state index contributed by atoms with van der Waals surface area (Å²) in [6.07, 6.45) is 6.68. The predicted molar refractivity (Wildman–Crippen MR) is 146 cm³/mol. The van der Waals surface area contributed by atoms with Crippen molar-refractivity contribution in [3.05, 3.63) is 0 Å². The molecule has 2 atom stereocenters. The van der Waals surface area contributed by atoms with Crippen LogP contribution in [0, 0.1) is 10.8 Å². The van der Waals surface area contributed by atoms with Crippen molar-refractivity contribution >= 4 is 24.4 Å². The quantitative estimate of drug-likeness (QED) is 0.148. The van der Waals surface area contributed by atoms with Crippen molar-refractivity contribution in [2.75, 3.05) is 52.9 Å². The van der Waals surface area contributed by atoms with E-state index < -0.39 is 12.1 Å². The van der Waals surface area contributed by atoms with E-state index in [0.29, 0.717) is 39.6 Å². The Kier molecular flexibility index (Phi) is 20.0. The van der Waals surface area contributed by atoms with Gasteiger partial charge in [-0.15, -0.1) is 0 Å². The highest BCUT2D eigenvalue weighted by Crippen LogP contribution is 2.18. The van der Waals surface area contributed by atoms with Gasteiger partial charge in [-0.25, -0.2) is 0 Å². The van der Waals surface area contributed by atoms with Crippen LogP contribution in [0.5, 0.6) is 0 Å². The molecular weight excluding hydrogens is 492 g/mol. The van der Waals surface area contributed by atoms with Gasteiger partial charge in [0.1, 0.15) is 25.8 Å². The van der Waals surface area contributed by atoms with Gasteiger partial charge in [-0.1, -0.05) is 41.5 Å². The fourth-order valence-electron chi connectivity index (χ4n) is 3.10. The third-order valence-electron chi connectivity index (χ3n) is 5.72. The summed E-state index contributed by atoms with van der Waals surface area (Å²) in [5, 5.41) is 5.36. The fraction of sp³-hybridized carbons (Fsp3) is 0.857. The Morgan fingerprint density at radius 2 is 0.816 bits per heavy atom. The Morgan fingerprint density at radius 3 is 1.05 bits per heavy atom. The second-order valence-corrected chi connectivity index (χ2v) is 11.5. The van der Waals surface area contributed by atoms with E-state index in [9.17, 15) is 19.2 Å². The van der Waals surface area contributed by atoms with E-state index in [1.54, 1.807) is 0 Å². The molecule has 0 spiro atoms. The number of carbonyl (C=O) groups is 4. The van der Waals surface area contributed by atoms with Crippen LogP contribution in [-0.4, -0.2) is 89.3 Å². The van der Waals surface area contributed by atoms with Gasteiger partial charge in [-0.3, -0.25) is 9.59 Å². The SMILES string of the molecule is CC(C)(C)C(C=O)NC(=O)COCCCCOCCCCOCCCCOCC(=O)NC(C=O)C(C)(C)C. The van der Waals surface area contributed by atoms with Crippen molar-refractivity contribution < 1.29 is 38.1 Å². The molecule has 0 rings (SSSR count). The third kappa shape index (κ3) is 20.1. The van der Waals surface area contributed by atoms with E-state index in [2.05, 4.69) is 10.6 Å². The van der Waals surface area contributed by atoms with E-state index in [1.807, 2.05) is 41.5 Å². The van der Waals surface area contributed by atoms with Crippen LogP contribution in [-0.2, 0) is 38.1 Å². The van der Waals surface area contributed by atoms with Crippen molar-refractivity contribution in [2.45, 2.75) is 92.2 Å². The van der Waals surface area contributed by atoms with Gasteiger partial charge in [-0.05, 0) is 49.4 Å². The molecule has 0 saturated heterocycles. The Balaban J connectivity index is 3.43. The summed E-state index contributed by atoms with van der Waals surface area (Å²) in [6, 6.07) is -1.05. The minimum Gasteiger partial charge on any atom is -0.381 e. The smallest absolute Gasteiger partial charge is 0.246 e. The molecule has 0 aromatic heterocycles. The number of rotatable bonds is 23. The second kappa shape index (κ2) is 21.0. The van der Waals surface area contributed by atoms with E-state index in [-0.39, 0.29) is 35.9 Å². The maximum absolute atomic E-state index is 11.8. The molecule has 0 aromatic carbocycles. The lowest BCUT2D eigenvalue weighted by molar-refractivity contribution is -0.129. The maximum atomic E-state index is 11.8. The average molecular weight is 545 g/mol. The molecule has 0 fully saturated rings. The van der Waals surface area contributed by atoms with Crippen LogP contribution in [0.4, 0.5) is 0 Å². The van der Waals surface area contributed by atoms with Crippen LogP contribution in [0.2, 0.25) is 0 Å². The van der Waals surface area contributed by atoms with Crippen LogP contribution in [0.15, 0.2) is 0 Å². The Bertz CT molecular complexity index is 602. The molecule has 0 aliphatic carbocycles. The van der Waals surface area contributed by atoms with Gasteiger partial charge in [-0.2, -0.15) is 0 Å². The van der Waals surface area contributed by atoms with Crippen molar-refractivity contribution in [1.29, 1.82) is 0 Å². The molecule has 2 N–H and O–H groups in total. The van der Waals surface area contributed by atoms with Crippen LogP contribution >= 0.6 is 0 Å². The molecule has 0 aliphatic heterocycles. The zero-order valence-electron chi connectivity index (χ0n) is 24.5. The molecule has 10 nitrogen and oxygen atoms in total. The first-order valence-corrected chi connectivity index (χ1v) is 13.7. The van der Waals surface area contributed by atoms with Crippen molar-refractivity contribution in [3.8, 4) is 0 Å². The van der Waals surface area contributed by atoms with Gasteiger partial charge < -0.3 is 39.2 Å². The third-order valence-corrected chi connectivity index (χ3v) is 5.72. The fourth-order valence-corrected chi connectivity index (χ4v) is 3.10. The number of nitrogens with one attached hydrogen (secondary N) is 2. The van der Waals surface area contributed by atoms with Gasteiger partial charge in [0.05, 0.1) is 12.1 Å². The predicted octanol–water partition coefficient (Wildman–Crippen LogP) is 2.85. The highest BCUT2D eigenvalue weighted by atomic mass is 16.5. The van der Waals surface area contributed by atoms with Crippen molar-refractivity contribution in [2.24, 2.45) is 10.8 Å². The molecule has 0 bridgehead atoms. The number of ether oxygens (including phenoxy) is 4. The number of carbonyl (C=O) groups excluding carboxylic acids is 4. The summed E-state index contributed by atoms with van der Waals surface area (Å²) in [5.74, 6) is -0.566. The normalized spacial score (nSPS) is 13.5. The van der Waals surface area contributed by atoms with Gasteiger partial charge in [0.2, 0.25) is 11.8 Å². The van der Waals surface area contributed by atoms with E-state index in [0.717, 1.165) is 51.1 Å². The summed E-state index contributed by atoms with van der Waals surface area (Å²) in [7, 11) is 0. The molecule has 0 heterocycles. The zero-order valence-corrected chi connectivity index (χ0v) is 24.5. The molecule has 38 heavy (non-hydrogen) atoms. The number of unbranched alkanes of at least 4 members (excludes halogenated alkanes) is 3. The minimum absolute atomic E-state index is 0.0496. The molecule has 2 unspecified atom stereocenters. The molecule has 0 aromatic rings. The van der Waals surface area contributed by atoms with Crippen molar-refractivity contribution in [1.82, 2.24) is 10.6 Å². The lowest BCUT2D eigenvalue weighted by Gasteiger charge is -2.26. The first-order valence-electron chi connectivity index (χ1n) is 13.7. The van der Waals surface area contributed by atoms with Crippen LogP contribution in [0.25, 0.3) is 0 Å². The van der Waals surface area contributed by atoms with Gasteiger partial charge in [0.25, 0.3) is 0 Å². The lowest BCUT2D eigenvalue weighted by atomic mass is 9.88. The van der Waals surface area contributed by atoms with Gasteiger partial charge >= 0.3 is 0 Å². The Morgan fingerprint density at radius 1 is 0.553 bits per heavy atom. The molecule has 2 amide bonds. The molecule has 0 radical (unpaired) electrons. The van der Waals surface area contributed by atoms with Crippen molar-refractivity contribution in [3.63, 3.8) is 0 Å². The Labute approximate surface area is 229 Å². The monoisotopic (exact) mass is 544 g/mol. The first kappa shape index (κ1) is 36.1. The first-order chi connectivity index (χ1) is 17.9. The highest BCUT2D eigenvalue weighted by molar-refractivity contribution is 5.81. The molecule has 222 valence electrons. The number of hydrogen-bond donors (Lipinski definition) is 2. The summed E-state index contributed by atoms with van der Waals surface area (Å²) >= 11 is 0. The number of hydrogen-bond acceptors (Lipinski definition) is 8. The standard InChI is InChI=1S/C28H52N2O8/c1-27(2,3)23(19-31)29-25(33)21-37-17-11-9-15-35-13-7-8-14-36-16-10-12-18-38-22-26(34)30-24(20-32)28(4,5)6/h19-20,23-24H,7-18,21-22H2,1-6H3,(H,29,33)(H,30,34). The summed E-state index contributed by atoms with van der Waals surface area (Å²) in [5.41, 5.74) is -0.650. The summed E-state index contributed by atoms with van der Waals surface area (Å²) in [4.78, 5) is 45.9. The average Bonchev–Trinajstić information content (AvgIpc) is 2.83. The van der Waals surface area contributed by atoms with Crippen LogP contribution in [0.1, 0.15) is 80.1 Å². The highest BCUT2D eigenvalue weighted by Gasteiger charge is 2.26. The largest absolute Gasteiger partial charge is 0.381 e. The maximum Gasteiger partial charge on any atom is 0.246 e. The molecule has 0 saturated carbocycles. The number of aldehydes is 2. The zero-order chi connectivity index (χ0) is 28.9. The van der Waals surface area contributed by atoms with Gasteiger partial charge in [0, 0.05) is 39.6 Å². The topological polar surface area (TPSA) is 129 Å². The van der Waals surface area contributed by atoms with E-state index in [4.69, 9.17) is 18.9 Å². The van der Waals surface area contributed by atoms with Gasteiger partial charge in [0.15, 0.2) is 0 Å². The summed E-state index contributed by atoms with van der Waals surface area (Å²) < 4.78 is 22.0. The number of amides is 2. The lowest BCUT2D eigenvalue weighted by Crippen LogP contribution is -2.46. The van der Waals surface area contributed by atoms with Crippen LogP contribution < -0.4 is 10.6 Å². The second-order valence-electron chi connectivity index (χ2n) is 11.5. The minimum atomic E-state index is -0.527. The molecular formula is C28H52N2O8.